The van der Waals surface area contributed by atoms with Crippen molar-refractivity contribution in [3.05, 3.63) is 163 Å². The van der Waals surface area contributed by atoms with Gasteiger partial charge in [0, 0.05) is 0 Å². The average molecular weight is 733 g/mol. The van der Waals surface area contributed by atoms with Gasteiger partial charge >= 0.3 is 0 Å². The van der Waals surface area contributed by atoms with Crippen molar-refractivity contribution in [3.63, 3.8) is 0 Å². The third-order valence-electron chi connectivity index (χ3n) is 15.4. The van der Waals surface area contributed by atoms with Crippen molar-refractivity contribution < 1.29 is 0 Å². The fraction of sp³-hybridized carbons (Fsp3) is 0.385. The Hall–Kier alpha value is -3.81. The molecule has 0 nitrogen and oxygen atoms in total. The number of rotatable bonds is 6. The second-order valence-corrected chi connectivity index (χ2v) is 22.4. The van der Waals surface area contributed by atoms with Gasteiger partial charge in [-0.1, -0.05) is 253 Å². The van der Waals surface area contributed by atoms with Crippen molar-refractivity contribution in [1.82, 2.24) is 0 Å². The highest BCUT2D eigenvalue weighted by Gasteiger charge is 2.68. The molecule has 4 fully saturated rings. The molecule has 0 amide bonds. The summed E-state index contributed by atoms with van der Waals surface area (Å²) in [7, 11) is -2.63. The molecule has 0 saturated carbocycles. The van der Waals surface area contributed by atoms with Gasteiger partial charge in [0.2, 0.25) is 0 Å². The maximum absolute atomic E-state index is 2.75. The molecule has 6 aliphatic heterocycles. The standard InChI is InChI=1S/C52H58B2Si/c1-35-17-25-39(26-18-35)33-47-49(53-43-9-5-10-44(53)12-6-11-43)51(41-29-21-37(3)22-30-41)55(47)48(34-40-27-19-36(2)20-28-40)50(52(55)42-31-23-38(4)24-32-42)54-45-13-7-14-46(54)16-8-15-45/h17-34,43-46H,5-16H2,1-4H3/b47-33+,48-34+. The van der Waals surface area contributed by atoms with E-state index >= 15 is 0 Å². The second-order valence-electron chi connectivity index (χ2n) is 18.8. The van der Waals surface area contributed by atoms with Crippen molar-refractivity contribution in [2.45, 2.75) is 128 Å². The van der Waals surface area contributed by atoms with E-state index in [4.69, 9.17) is 0 Å². The normalized spacial score (nSPS) is 28.9. The summed E-state index contributed by atoms with van der Waals surface area (Å²) in [6, 6.07) is 38.8. The van der Waals surface area contributed by atoms with Gasteiger partial charge in [-0.3, -0.25) is 0 Å². The Bertz CT molecular complexity index is 2010. The van der Waals surface area contributed by atoms with Gasteiger partial charge < -0.3 is 0 Å². The predicted molar refractivity (Wildman–Crippen MR) is 242 cm³/mol. The van der Waals surface area contributed by atoms with Gasteiger partial charge in [-0.25, -0.2) is 0 Å². The van der Waals surface area contributed by atoms with Crippen LogP contribution in [0.15, 0.2) is 118 Å². The molecule has 55 heavy (non-hydrogen) atoms. The zero-order chi connectivity index (χ0) is 37.3. The first kappa shape index (κ1) is 35.6. The monoisotopic (exact) mass is 732 g/mol. The van der Waals surface area contributed by atoms with Gasteiger partial charge in [0.1, 0.15) is 0 Å². The number of allylic oxidation sites excluding steroid dienone is 4. The molecule has 10 rings (SSSR count). The van der Waals surface area contributed by atoms with Crippen molar-refractivity contribution in [2.24, 2.45) is 0 Å². The first-order valence-corrected chi connectivity index (χ1v) is 24.1. The summed E-state index contributed by atoms with van der Waals surface area (Å²) < 4.78 is 0. The summed E-state index contributed by atoms with van der Waals surface area (Å²) in [6.45, 7) is 10.4. The topological polar surface area (TPSA) is 0 Å². The first-order valence-electron chi connectivity index (χ1n) is 22.1. The van der Waals surface area contributed by atoms with Crippen LogP contribution in [0.5, 0.6) is 0 Å². The van der Waals surface area contributed by atoms with Crippen LogP contribution < -0.4 is 0 Å². The highest BCUT2D eigenvalue weighted by molar-refractivity contribution is 7.30. The summed E-state index contributed by atoms with van der Waals surface area (Å²) >= 11 is 0. The molecule has 4 aromatic rings. The summed E-state index contributed by atoms with van der Waals surface area (Å²) in [5.41, 5.74) is 14.8. The van der Waals surface area contributed by atoms with E-state index in [0.29, 0.717) is 13.4 Å². The van der Waals surface area contributed by atoms with Crippen molar-refractivity contribution in [3.8, 4) is 0 Å². The highest BCUT2D eigenvalue weighted by Crippen LogP contribution is 2.71. The molecular formula is C52H58B2Si. The Labute approximate surface area is 333 Å². The van der Waals surface area contributed by atoms with Gasteiger partial charge in [-0.2, -0.15) is 0 Å². The maximum atomic E-state index is 2.75. The molecule has 4 saturated heterocycles. The SMILES string of the molecule is Cc1ccc(/C=C2\C(B3C4CCCC3CCC4)=C(c3ccc(C)cc3)[Si]23C(c2ccc(C)cc2)=C(B2C4CCCC2CCC4)/C3=C\c2ccc(C)cc2)cc1. The van der Waals surface area contributed by atoms with Gasteiger partial charge in [-0.05, 0) is 60.3 Å². The molecule has 0 N–H and O–H groups in total. The summed E-state index contributed by atoms with van der Waals surface area (Å²) in [4.78, 5) is 0. The minimum atomic E-state index is -2.63. The van der Waals surface area contributed by atoms with E-state index in [1.807, 2.05) is 0 Å². The molecule has 0 radical (unpaired) electrons. The Balaban J connectivity index is 1.34. The lowest BCUT2D eigenvalue weighted by Crippen LogP contribution is -2.63. The fourth-order valence-corrected chi connectivity index (χ4v) is 19.0. The van der Waals surface area contributed by atoms with E-state index in [0.717, 1.165) is 23.3 Å². The van der Waals surface area contributed by atoms with Crippen LogP contribution in [0.2, 0.25) is 23.3 Å². The van der Waals surface area contributed by atoms with Crippen molar-refractivity contribution >= 4 is 44.0 Å². The van der Waals surface area contributed by atoms with Crippen LogP contribution in [0.4, 0.5) is 0 Å². The number of hydrogen-bond donors (Lipinski definition) is 0. The van der Waals surface area contributed by atoms with Gasteiger partial charge in [0.05, 0.1) is 0 Å². The third-order valence-corrected chi connectivity index (χ3v) is 20.5. The lowest BCUT2D eigenvalue weighted by Gasteiger charge is -2.63. The lowest BCUT2D eigenvalue weighted by atomic mass is 9.23. The van der Waals surface area contributed by atoms with Crippen LogP contribution in [0.3, 0.4) is 0 Å². The van der Waals surface area contributed by atoms with E-state index < -0.39 is 8.07 Å². The summed E-state index contributed by atoms with van der Waals surface area (Å²) in [5.74, 6) is 3.24. The van der Waals surface area contributed by atoms with Gasteiger partial charge in [0.15, 0.2) is 21.5 Å². The summed E-state index contributed by atoms with van der Waals surface area (Å²) in [6.07, 6.45) is 22.4. The van der Waals surface area contributed by atoms with Crippen molar-refractivity contribution in [2.75, 3.05) is 0 Å². The fourth-order valence-electron chi connectivity index (χ4n) is 13.0. The van der Waals surface area contributed by atoms with E-state index in [-0.39, 0.29) is 0 Å². The molecule has 3 heteroatoms. The minimum Gasteiger partial charge on any atom is -0.0781 e. The molecule has 4 aromatic carbocycles. The molecule has 276 valence electrons. The zero-order valence-electron chi connectivity index (χ0n) is 33.8. The molecule has 4 bridgehead atoms. The smallest absolute Gasteiger partial charge is 0.0781 e. The Morgan fingerprint density at radius 2 is 0.673 bits per heavy atom. The number of hydrogen-bond acceptors (Lipinski definition) is 0. The van der Waals surface area contributed by atoms with Crippen LogP contribution in [-0.4, -0.2) is 21.5 Å². The van der Waals surface area contributed by atoms with Crippen LogP contribution in [0.1, 0.15) is 122 Å². The minimum absolute atomic E-state index is 0.673. The Morgan fingerprint density at radius 3 is 0.964 bits per heavy atom. The molecule has 0 aromatic heterocycles. The molecular weight excluding hydrogens is 674 g/mol. The highest BCUT2D eigenvalue weighted by atomic mass is 28.3. The third kappa shape index (κ3) is 5.93. The van der Waals surface area contributed by atoms with E-state index in [1.54, 1.807) is 31.7 Å². The molecule has 1 spiro atoms. The summed E-state index contributed by atoms with van der Waals surface area (Å²) in [5, 5.41) is 7.09. The number of aryl methyl sites for hydroxylation is 4. The molecule has 0 aliphatic carbocycles. The van der Waals surface area contributed by atoms with Crippen LogP contribution in [0, 0.1) is 27.7 Å². The first-order chi connectivity index (χ1) is 26.9. The Morgan fingerprint density at radius 1 is 0.400 bits per heavy atom. The zero-order valence-corrected chi connectivity index (χ0v) is 34.8. The predicted octanol–water partition coefficient (Wildman–Crippen LogP) is 14.2. The number of benzene rings is 4. The maximum Gasteiger partial charge on any atom is 0.182 e. The van der Waals surface area contributed by atoms with Crippen LogP contribution in [-0.2, 0) is 0 Å². The Kier molecular flexibility index (Phi) is 9.25. The molecule has 6 heterocycles. The van der Waals surface area contributed by atoms with Gasteiger partial charge in [0.25, 0.3) is 0 Å². The average Bonchev–Trinajstić information content (AvgIpc) is 3.17. The molecule has 6 aliphatic rings. The molecule has 0 unspecified atom stereocenters. The quantitative estimate of drug-likeness (QED) is 0.173. The lowest BCUT2D eigenvalue weighted by molar-refractivity contribution is 0.446. The van der Waals surface area contributed by atoms with Crippen LogP contribution >= 0.6 is 0 Å². The largest absolute Gasteiger partial charge is 0.182 e. The number of fused-ring (bicyclic) bond motifs is 4. The van der Waals surface area contributed by atoms with Crippen molar-refractivity contribution in [1.29, 1.82) is 0 Å². The van der Waals surface area contributed by atoms with E-state index in [9.17, 15) is 0 Å². The van der Waals surface area contributed by atoms with Crippen LogP contribution in [0.25, 0.3) is 22.5 Å². The molecule has 0 atom stereocenters. The van der Waals surface area contributed by atoms with E-state index in [1.165, 1.54) is 122 Å². The van der Waals surface area contributed by atoms with Gasteiger partial charge in [-0.15, -0.1) is 0 Å². The second kappa shape index (κ2) is 14.3. The van der Waals surface area contributed by atoms with E-state index in [2.05, 4.69) is 137 Å².